The van der Waals surface area contributed by atoms with E-state index in [2.05, 4.69) is 23.1 Å². The van der Waals surface area contributed by atoms with Gasteiger partial charge in [0.25, 0.3) is 0 Å². The SMILES string of the molecule is COc1ccc(C(C#N)Cc2cccc(N(C)C)c2)cc1Cl. The van der Waals surface area contributed by atoms with Gasteiger partial charge in [0.2, 0.25) is 0 Å². The Morgan fingerprint density at radius 1 is 1.23 bits per heavy atom. The second kappa shape index (κ2) is 7.20. The van der Waals surface area contributed by atoms with Crippen LogP contribution in [0.15, 0.2) is 42.5 Å². The van der Waals surface area contributed by atoms with Crippen LogP contribution in [0, 0.1) is 11.3 Å². The van der Waals surface area contributed by atoms with Gasteiger partial charge in [0, 0.05) is 19.8 Å². The molecule has 2 aromatic rings. The molecular formula is C18H19ClN2O. The van der Waals surface area contributed by atoms with Gasteiger partial charge in [-0.1, -0.05) is 29.8 Å². The third kappa shape index (κ3) is 3.72. The van der Waals surface area contributed by atoms with Crippen molar-refractivity contribution in [2.24, 2.45) is 0 Å². The molecular weight excluding hydrogens is 296 g/mol. The van der Waals surface area contributed by atoms with E-state index in [0.29, 0.717) is 17.2 Å². The van der Waals surface area contributed by atoms with E-state index in [9.17, 15) is 5.26 Å². The van der Waals surface area contributed by atoms with E-state index in [4.69, 9.17) is 16.3 Å². The van der Waals surface area contributed by atoms with Gasteiger partial charge < -0.3 is 9.64 Å². The molecule has 0 spiro atoms. The molecule has 0 heterocycles. The maximum absolute atomic E-state index is 9.50. The molecule has 0 radical (unpaired) electrons. The number of nitrogens with zero attached hydrogens (tertiary/aromatic N) is 2. The predicted octanol–water partition coefficient (Wildman–Crippen LogP) is 4.26. The Kier molecular flexibility index (Phi) is 5.30. The fraction of sp³-hybridized carbons (Fsp3) is 0.278. The lowest BCUT2D eigenvalue weighted by atomic mass is 9.93. The average Bonchev–Trinajstić information content (AvgIpc) is 2.52. The van der Waals surface area contributed by atoms with Crippen molar-refractivity contribution in [3.8, 4) is 11.8 Å². The second-order valence-corrected chi connectivity index (χ2v) is 5.75. The fourth-order valence-electron chi connectivity index (χ4n) is 2.33. The van der Waals surface area contributed by atoms with Crippen LogP contribution in [0.4, 0.5) is 5.69 Å². The van der Waals surface area contributed by atoms with Crippen molar-refractivity contribution in [1.29, 1.82) is 5.26 Å². The van der Waals surface area contributed by atoms with Gasteiger partial charge in [-0.3, -0.25) is 0 Å². The quantitative estimate of drug-likeness (QED) is 0.827. The topological polar surface area (TPSA) is 36.3 Å². The van der Waals surface area contributed by atoms with Crippen LogP contribution in [0.5, 0.6) is 5.75 Å². The summed E-state index contributed by atoms with van der Waals surface area (Å²) in [5, 5.41) is 10.0. The van der Waals surface area contributed by atoms with Crippen LogP contribution in [0.3, 0.4) is 0 Å². The molecule has 4 heteroatoms. The van der Waals surface area contributed by atoms with Crippen LogP contribution in [0.1, 0.15) is 17.0 Å². The van der Waals surface area contributed by atoms with Crippen molar-refractivity contribution in [2.75, 3.05) is 26.1 Å². The summed E-state index contributed by atoms with van der Waals surface area (Å²) in [4.78, 5) is 2.05. The number of methoxy groups -OCH3 is 1. The molecule has 0 N–H and O–H groups in total. The molecule has 0 saturated heterocycles. The summed E-state index contributed by atoms with van der Waals surface area (Å²) >= 11 is 6.16. The number of anilines is 1. The van der Waals surface area contributed by atoms with Crippen LogP contribution in [-0.4, -0.2) is 21.2 Å². The highest BCUT2D eigenvalue weighted by molar-refractivity contribution is 6.32. The Labute approximate surface area is 136 Å². The molecule has 0 fully saturated rings. The maximum atomic E-state index is 9.50. The molecule has 0 aliphatic carbocycles. The zero-order valence-corrected chi connectivity index (χ0v) is 13.8. The number of nitriles is 1. The Balaban J connectivity index is 2.24. The van der Waals surface area contributed by atoms with Gasteiger partial charge in [-0.05, 0) is 41.8 Å². The van der Waals surface area contributed by atoms with Crippen molar-refractivity contribution >= 4 is 17.3 Å². The average molecular weight is 315 g/mol. The van der Waals surface area contributed by atoms with Crippen molar-refractivity contribution in [3.05, 3.63) is 58.6 Å². The molecule has 22 heavy (non-hydrogen) atoms. The zero-order valence-electron chi connectivity index (χ0n) is 13.0. The fourth-order valence-corrected chi connectivity index (χ4v) is 2.60. The van der Waals surface area contributed by atoms with E-state index in [1.54, 1.807) is 13.2 Å². The first kappa shape index (κ1) is 16.2. The summed E-state index contributed by atoms with van der Waals surface area (Å²) in [5.41, 5.74) is 3.16. The lowest BCUT2D eigenvalue weighted by Gasteiger charge is -2.15. The normalized spacial score (nSPS) is 11.6. The van der Waals surface area contributed by atoms with Crippen LogP contribution >= 0.6 is 11.6 Å². The first-order valence-electron chi connectivity index (χ1n) is 7.04. The number of ether oxygens (including phenoxy) is 1. The summed E-state index contributed by atoms with van der Waals surface area (Å²) < 4.78 is 5.15. The van der Waals surface area contributed by atoms with Gasteiger partial charge in [-0.2, -0.15) is 5.26 Å². The van der Waals surface area contributed by atoms with Crippen molar-refractivity contribution in [1.82, 2.24) is 0 Å². The van der Waals surface area contributed by atoms with E-state index in [0.717, 1.165) is 16.8 Å². The molecule has 0 aromatic heterocycles. The van der Waals surface area contributed by atoms with Crippen LogP contribution in [-0.2, 0) is 6.42 Å². The van der Waals surface area contributed by atoms with Crippen LogP contribution in [0.2, 0.25) is 5.02 Å². The summed E-state index contributed by atoms with van der Waals surface area (Å²) in [6.07, 6.45) is 0.654. The van der Waals surface area contributed by atoms with E-state index in [1.165, 1.54) is 0 Å². The third-order valence-corrected chi connectivity index (χ3v) is 3.90. The van der Waals surface area contributed by atoms with Gasteiger partial charge in [0.15, 0.2) is 0 Å². The highest BCUT2D eigenvalue weighted by atomic mass is 35.5. The van der Waals surface area contributed by atoms with Crippen LogP contribution in [0.25, 0.3) is 0 Å². The lowest BCUT2D eigenvalue weighted by Crippen LogP contribution is -2.09. The largest absolute Gasteiger partial charge is 0.495 e. The van der Waals surface area contributed by atoms with Crippen molar-refractivity contribution in [2.45, 2.75) is 12.3 Å². The van der Waals surface area contributed by atoms with Gasteiger partial charge in [0.05, 0.1) is 24.1 Å². The molecule has 1 unspecified atom stereocenters. The minimum absolute atomic E-state index is 0.235. The molecule has 114 valence electrons. The molecule has 1 atom stereocenters. The van der Waals surface area contributed by atoms with Crippen LogP contribution < -0.4 is 9.64 Å². The van der Waals surface area contributed by atoms with E-state index in [1.807, 2.05) is 38.4 Å². The van der Waals surface area contributed by atoms with E-state index >= 15 is 0 Å². The standard InChI is InChI=1S/C18H19ClN2O/c1-21(2)16-6-4-5-13(10-16)9-15(12-20)14-7-8-18(22-3)17(19)11-14/h4-8,10-11,15H,9H2,1-3H3. The first-order chi connectivity index (χ1) is 10.5. The minimum atomic E-state index is -0.235. The number of benzene rings is 2. The lowest BCUT2D eigenvalue weighted by molar-refractivity contribution is 0.415. The van der Waals surface area contributed by atoms with Crippen molar-refractivity contribution < 1.29 is 4.74 Å². The van der Waals surface area contributed by atoms with Gasteiger partial charge in [-0.25, -0.2) is 0 Å². The molecule has 2 rings (SSSR count). The molecule has 0 bridgehead atoms. The molecule has 0 amide bonds. The zero-order chi connectivity index (χ0) is 16.1. The second-order valence-electron chi connectivity index (χ2n) is 5.34. The molecule has 0 aliphatic heterocycles. The van der Waals surface area contributed by atoms with Gasteiger partial charge in [-0.15, -0.1) is 0 Å². The predicted molar refractivity (Wildman–Crippen MR) is 90.8 cm³/mol. The number of halogens is 1. The summed E-state index contributed by atoms with van der Waals surface area (Å²) in [6.45, 7) is 0. The van der Waals surface area contributed by atoms with Gasteiger partial charge >= 0.3 is 0 Å². The maximum Gasteiger partial charge on any atom is 0.137 e. The Bertz CT molecular complexity index is 692. The van der Waals surface area contributed by atoms with Gasteiger partial charge in [0.1, 0.15) is 5.75 Å². The number of hydrogen-bond donors (Lipinski definition) is 0. The van der Waals surface area contributed by atoms with E-state index < -0.39 is 0 Å². The Morgan fingerprint density at radius 3 is 2.59 bits per heavy atom. The van der Waals surface area contributed by atoms with Crippen molar-refractivity contribution in [3.63, 3.8) is 0 Å². The molecule has 0 saturated carbocycles. The van der Waals surface area contributed by atoms with E-state index in [-0.39, 0.29) is 5.92 Å². The first-order valence-corrected chi connectivity index (χ1v) is 7.42. The minimum Gasteiger partial charge on any atom is -0.495 e. The Hall–Kier alpha value is -2.18. The summed E-state index contributed by atoms with van der Waals surface area (Å²) in [7, 11) is 5.59. The molecule has 2 aromatic carbocycles. The monoisotopic (exact) mass is 314 g/mol. The number of rotatable bonds is 5. The number of hydrogen-bond acceptors (Lipinski definition) is 3. The Morgan fingerprint density at radius 2 is 2.00 bits per heavy atom. The molecule has 3 nitrogen and oxygen atoms in total. The smallest absolute Gasteiger partial charge is 0.137 e. The highest BCUT2D eigenvalue weighted by Crippen LogP contribution is 2.30. The summed E-state index contributed by atoms with van der Waals surface area (Å²) in [5.74, 6) is 0.387. The summed E-state index contributed by atoms with van der Waals surface area (Å²) in [6, 6.07) is 16.1. The highest BCUT2D eigenvalue weighted by Gasteiger charge is 2.14. The molecule has 0 aliphatic rings. The third-order valence-electron chi connectivity index (χ3n) is 3.60.